The van der Waals surface area contributed by atoms with Gasteiger partial charge in [0.25, 0.3) is 0 Å². The molecule has 1 amide bonds. The molecule has 11 nitrogen and oxygen atoms in total. The standard InChI is InChI=1S/C62H103NO10/c1-4-7-10-13-16-19-22-25-27-29-31-34-37-40-43-46-49-55(66)61(70)63-53(54(65)48-45-42-39-36-33-30-24-21-18-15-12-9-6-3)52-71-62-60(59(69)58(68)56(51-64)72-62)73-57(67)50-47-44-41-38-35-32-28-26-23-20-17-14-11-8-5-2/h8,11,14,16-17,19-20,23,25-28,31-32,34-35,45,48,53-56,58-60,62,64-66,68-69H,4-7,9-10,12-13,15,18,21-22,24,29-30,33,36-44,46-47,49-52H2,1-3H3,(H,63,70)/b11-8+,17-14+,19-16-,23-20-,27-25-,28-26-,34-31-,35-32+,48-45+. The first-order valence-electron chi connectivity index (χ1n) is 28.7. The minimum absolute atomic E-state index is 0.0654. The zero-order valence-electron chi connectivity index (χ0n) is 45.7. The number of ether oxygens (including phenoxy) is 3. The number of allylic oxidation sites excluding steroid dienone is 17. The second-order valence-corrected chi connectivity index (χ2v) is 19.4. The van der Waals surface area contributed by atoms with Crippen LogP contribution < -0.4 is 5.32 Å². The van der Waals surface area contributed by atoms with E-state index >= 15 is 0 Å². The Morgan fingerprint density at radius 1 is 0.562 bits per heavy atom. The molecule has 1 aliphatic rings. The van der Waals surface area contributed by atoms with Crippen molar-refractivity contribution in [2.45, 2.75) is 256 Å². The molecule has 1 fully saturated rings. The van der Waals surface area contributed by atoms with E-state index in [0.717, 1.165) is 89.9 Å². The molecule has 416 valence electrons. The van der Waals surface area contributed by atoms with E-state index in [1.165, 1.54) is 70.6 Å². The molecule has 8 unspecified atom stereocenters. The molecule has 6 N–H and O–H groups in total. The lowest BCUT2D eigenvalue weighted by molar-refractivity contribution is -0.305. The molecule has 0 aromatic rings. The highest BCUT2D eigenvalue weighted by molar-refractivity contribution is 5.80. The van der Waals surface area contributed by atoms with Crippen LogP contribution in [0.15, 0.2) is 109 Å². The average Bonchev–Trinajstić information content (AvgIpc) is 3.39. The van der Waals surface area contributed by atoms with E-state index in [2.05, 4.69) is 74.7 Å². The first kappa shape index (κ1) is 67.3. The Labute approximate surface area is 443 Å². The van der Waals surface area contributed by atoms with Gasteiger partial charge in [-0.1, -0.05) is 226 Å². The first-order chi connectivity index (χ1) is 35.7. The van der Waals surface area contributed by atoms with Gasteiger partial charge in [0.1, 0.15) is 24.4 Å². The van der Waals surface area contributed by atoms with Crippen molar-refractivity contribution in [2.24, 2.45) is 0 Å². The van der Waals surface area contributed by atoms with Gasteiger partial charge in [-0.05, 0) is 83.5 Å². The second-order valence-electron chi connectivity index (χ2n) is 19.4. The van der Waals surface area contributed by atoms with Crippen molar-refractivity contribution in [3.05, 3.63) is 109 Å². The van der Waals surface area contributed by atoms with Crippen LogP contribution in [0.25, 0.3) is 0 Å². The minimum atomic E-state index is -1.64. The summed E-state index contributed by atoms with van der Waals surface area (Å²) >= 11 is 0. The molecule has 0 saturated carbocycles. The molecule has 1 heterocycles. The smallest absolute Gasteiger partial charge is 0.306 e. The van der Waals surface area contributed by atoms with E-state index in [-0.39, 0.29) is 19.4 Å². The van der Waals surface area contributed by atoms with E-state index in [1.807, 2.05) is 54.7 Å². The molecule has 0 spiro atoms. The zero-order valence-corrected chi connectivity index (χ0v) is 45.7. The summed E-state index contributed by atoms with van der Waals surface area (Å²) in [5.41, 5.74) is 0. The van der Waals surface area contributed by atoms with Crippen LogP contribution in [-0.4, -0.2) is 99.6 Å². The summed E-state index contributed by atoms with van der Waals surface area (Å²) in [5, 5.41) is 56.8. The number of aliphatic hydroxyl groups excluding tert-OH is 5. The lowest BCUT2D eigenvalue weighted by atomic mass is 9.99. The molecule has 8 atom stereocenters. The fourth-order valence-corrected chi connectivity index (χ4v) is 8.21. The number of aliphatic hydroxyl groups is 5. The fraction of sp³-hybridized carbons (Fsp3) is 0.677. The van der Waals surface area contributed by atoms with E-state index in [1.54, 1.807) is 6.08 Å². The van der Waals surface area contributed by atoms with Crippen LogP contribution in [-0.2, 0) is 23.8 Å². The number of carbonyl (C=O) groups is 2. The summed E-state index contributed by atoms with van der Waals surface area (Å²) in [4.78, 5) is 26.4. The molecule has 11 heteroatoms. The third-order valence-corrected chi connectivity index (χ3v) is 12.8. The van der Waals surface area contributed by atoms with Gasteiger partial charge in [-0.15, -0.1) is 0 Å². The predicted octanol–water partition coefficient (Wildman–Crippen LogP) is 12.9. The van der Waals surface area contributed by atoms with Crippen molar-refractivity contribution in [1.82, 2.24) is 5.32 Å². The van der Waals surface area contributed by atoms with Gasteiger partial charge in [0.2, 0.25) is 5.91 Å². The largest absolute Gasteiger partial charge is 0.454 e. The van der Waals surface area contributed by atoms with Crippen molar-refractivity contribution in [2.75, 3.05) is 13.2 Å². The summed E-state index contributed by atoms with van der Waals surface area (Å²) in [6.45, 7) is 5.55. The molecule has 1 aliphatic heterocycles. The van der Waals surface area contributed by atoms with Crippen LogP contribution in [0.2, 0.25) is 0 Å². The van der Waals surface area contributed by atoms with Crippen molar-refractivity contribution in [1.29, 1.82) is 0 Å². The Bertz CT molecular complexity index is 1600. The van der Waals surface area contributed by atoms with Crippen LogP contribution in [0.5, 0.6) is 0 Å². The first-order valence-corrected chi connectivity index (χ1v) is 28.7. The maximum atomic E-state index is 13.4. The number of esters is 1. The van der Waals surface area contributed by atoms with Crippen LogP contribution in [0, 0.1) is 0 Å². The molecular formula is C62H103NO10. The molecule has 0 aromatic heterocycles. The number of rotatable bonds is 46. The summed E-state index contributed by atoms with van der Waals surface area (Å²) < 4.78 is 17.5. The highest BCUT2D eigenvalue weighted by Crippen LogP contribution is 2.26. The molecule has 1 saturated heterocycles. The Kier molecular flexibility index (Phi) is 45.4. The number of hydrogen-bond donors (Lipinski definition) is 6. The van der Waals surface area contributed by atoms with Gasteiger partial charge in [-0.3, -0.25) is 9.59 Å². The van der Waals surface area contributed by atoms with Crippen molar-refractivity contribution < 1.29 is 49.3 Å². The lowest BCUT2D eigenvalue weighted by Crippen LogP contribution is -2.61. The molecule has 0 aliphatic carbocycles. The summed E-state index contributed by atoms with van der Waals surface area (Å²) in [7, 11) is 0. The highest BCUT2D eigenvalue weighted by Gasteiger charge is 2.47. The van der Waals surface area contributed by atoms with E-state index in [4.69, 9.17) is 14.2 Å². The van der Waals surface area contributed by atoms with Crippen LogP contribution >= 0.6 is 0 Å². The maximum absolute atomic E-state index is 13.4. The number of carbonyl (C=O) groups excluding carboxylic acids is 2. The molecule has 0 radical (unpaired) electrons. The quantitative estimate of drug-likeness (QED) is 0.0149. The van der Waals surface area contributed by atoms with E-state index in [0.29, 0.717) is 12.8 Å². The molecular weight excluding hydrogens is 919 g/mol. The normalized spacial score (nSPS) is 20.2. The van der Waals surface area contributed by atoms with Gasteiger partial charge in [0, 0.05) is 6.42 Å². The molecule has 1 rings (SSSR count). The van der Waals surface area contributed by atoms with E-state index in [9.17, 15) is 35.1 Å². The summed E-state index contributed by atoms with van der Waals surface area (Å²) in [5.74, 6) is -1.27. The number of hydrogen-bond acceptors (Lipinski definition) is 10. The molecule has 73 heavy (non-hydrogen) atoms. The van der Waals surface area contributed by atoms with Gasteiger partial charge >= 0.3 is 5.97 Å². The SMILES string of the molecule is CC/C=C/C=C/C=C\C=C/C=C/CCCCCC(=O)OC1C(OCC(NC(=O)C(O)CCCCC/C=C\C/C=C\C/C=C\CCCCC)C(O)/C=C/CCCCCCCCCCCCC)OC(CO)C(O)C1O. The van der Waals surface area contributed by atoms with Gasteiger partial charge in [0.15, 0.2) is 12.4 Å². The van der Waals surface area contributed by atoms with E-state index < -0.39 is 67.4 Å². The van der Waals surface area contributed by atoms with Gasteiger partial charge in [-0.25, -0.2) is 0 Å². The third kappa shape index (κ3) is 37.7. The number of unbranched alkanes of at least 4 members (excludes halogenated alkanes) is 20. The van der Waals surface area contributed by atoms with Gasteiger partial charge in [0.05, 0.1) is 25.4 Å². The fourth-order valence-electron chi connectivity index (χ4n) is 8.21. The van der Waals surface area contributed by atoms with Crippen molar-refractivity contribution in [3.8, 4) is 0 Å². The average molecular weight is 1020 g/mol. The monoisotopic (exact) mass is 1020 g/mol. The molecule has 0 bridgehead atoms. The van der Waals surface area contributed by atoms with Gasteiger partial charge in [-0.2, -0.15) is 0 Å². The molecule has 0 aromatic carbocycles. The van der Waals surface area contributed by atoms with Crippen molar-refractivity contribution in [3.63, 3.8) is 0 Å². The number of amides is 1. The Morgan fingerprint density at radius 3 is 1.63 bits per heavy atom. The zero-order chi connectivity index (χ0) is 53.3. The summed E-state index contributed by atoms with van der Waals surface area (Å²) in [6, 6.07) is -1.05. The Morgan fingerprint density at radius 2 is 1.04 bits per heavy atom. The van der Waals surface area contributed by atoms with Crippen molar-refractivity contribution >= 4 is 11.9 Å². The Hall–Kier alpha value is -3.68. The highest BCUT2D eigenvalue weighted by atomic mass is 16.7. The third-order valence-electron chi connectivity index (χ3n) is 12.8. The van der Waals surface area contributed by atoms with Gasteiger partial charge < -0.3 is 45.1 Å². The number of nitrogens with one attached hydrogen (secondary N) is 1. The second kappa shape index (κ2) is 49.2. The Balaban J connectivity index is 2.80. The lowest BCUT2D eigenvalue weighted by Gasteiger charge is -2.41. The minimum Gasteiger partial charge on any atom is -0.454 e. The topological polar surface area (TPSA) is 175 Å². The predicted molar refractivity (Wildman–Crippen MR) is 301 cm³/mol. The summed E-state index contributed by atoms with van der Waals surface area (Å²) in [6.07, 6.45) is 55.5. The van der Waals surface area contributed by atoms with Crippen LogP contribution in [0.1, 0.15) is 207 Å². The maximum Gasteiger partial charge on any atom is 0.306 e. The van der Waals surface area contributed by atoms with Crippen LogP contribution in [0.4, 0.5) is 0 Å². The van der Waals surface area contributed by atoms with Crippen LogP contribution in [0.3, 0.4) is 0 Å².